The fourth-order valence-corrected chi connectivity index (χ4v) is 4.42. The van der Waals surface area contributed by atoms with Gasteiger partial charge >= 0.3 is 0 Å². The standard InChI is InChI=1S/C12H18F3N3O2S/c1-12(15,8-3-5-16-6-4-8)21(19,20)9-7-18(2)17-10(9)11(13)14/h7-8,11,16H,3-6H2,1-2H3/t12-/m1/s1. The van der Waals surface area contributed by atoms with Crippen LogP contribution in [0.4, 0.5) is 13.2 Å². The minimum absolute atomic E-state index is 0.344. The molecule has 1 aliphatic heterocycles. The van der Waals surface area contributed by atoms with E-state index in [0.29, 0.717) is 25.9 Å². The van der Waals surface area contributed by atoms with Gasteiger partial charge in [0.25, 0.3) is 6.43 Å². The van der Waals surface area contributed by atoms with Crippen LogP contribution in [0.3, 0.4) is 0 Å². The quantitative estimate of drug-likeness (QED) is 0.917. The van der Waals surface area contributed by atoms with Crippen LogP contribution in [0.2, 0.25) is 0 Å². The molecule has 0 radical (unpaired) electrons. The van der Waals surface area contributed by atoms with Crippen molar-refractivity contribution in [2.24, 2.45) is 13.0 Å². The molecule has 1 aromatic rings. The summed E-state index contributed by atoms with van der Waals surface area (Å²) in [5, 5.41) is 3.86. The number of halogens is 3. The Morgan fingerprint density at radius 3 is 2.52 bits per heavy atom. The van der Waals surface area contributed by atoms with E-state index in [1.165, 1.54) is 7.05 Å². The van der Waals surface area contributed by atoms with Gasteiger partial charge in [0.1, 0.15) is 10.6 Å². The highest BCUT2D eigenvalue weighted by atomic mass is 32.2. The number of nitrogens with zero attached hydrogens (tertiary/aromatic N) is 2. The van der Waals surface area contributed by atoms with E-state index in [1.807, 2.05) is 0 Å². The number of aromatic nitrogens is 2. The van der Waals surface area contributed by atoms with Gasteiger partial charge in [0.2, 0.25) is 14.8 Å². The van der Waals surface area contributed by atoms with E-state index in [9.17, 15) is 21.6 Å². The van der Waals surface area contributed by atoms with E-state index in [4.69, 9.17) is 0 Å². The third kappa shape index (κ3) is 2.80. The molecule has 1 N–H and O–H groups in total. The van der Waals surface area contributed by atoms with Crippen molar-refractivity contribution >= 4 is 9.84 Å². The van der Waals surface area contributed by atoms with Gasteiger partial charge in [-0.05, 0) is 32.9 Å². The molecule has 21 heavy (non-hydrogen) atoms. The van der Waals surface area contributed by atoms with Crippen LogP contribution in [-0.4, -0.2) is 36.3 Å². The Morgan fingerprint density at radius 1 is 1.43 bits per heavy atom. The first-order valence-corrected chi connectivity index (χ1v) is 8.12. The van der Waals surface area contributed by atoms with Crippen LogP contribution in [0, 0.1) is 5.92 Å². The van der Waals surface area contributed by atoms with Gasteiger partial charge in [-0.3, -0.25) is 4.68 Å². The fraction of sp³-hybridized carbons (Fsp3) is 0.750. The molecule has 9 heteroatoms. The Kier molecular flexibility index (Phi) is 4.34. The number of hydrogen-bond donors (Lipinski definition) is 1. The van der Waals surface area contributed by atoms with Crippen molar-refractivity contribution in [1.29, 1.82) is 0 Å². The molecule has 0 aromatic carbocycles. The Morgan fingerprint density at radius 2 is 2.00 bits per heavy atom. The highest BCUT2D eigenvalue weighted by molar-refractivity contribution is 7.92. The molecule has 120 valence electrons. The van der Waals surface area contributed by atoms with Crippen LogP contribution in [0.15, 0.2) is 11.1 Å². The normalized spacial score (nSPS) is 20.7. The van der Waals surface area contributed by atoms with E-state index in [1.54, 1.807) is 0 Å². The van der Waals surface area contributed by atoms with Gasteiger partial charge in [-0.25, -0.2) is 21.6 Å². The minimum atomic E-state index is -4.55. The number of aryl methyl sites for hydroxylation is 1. The van der Waals surface area contributed by atoms with E-state index < -0.39 is 37.8 Å². The first kappa shape index (κ1) is 16.3. The lowest BCUT2D eigenvalue weighted by Crippen LogP contribution is -2.44. The maximum Gasteiger partial charge on any atom is 0.283 e. The van der Waals surface area contributed by atoms with Crippen LogP contribution in [0.25, 0.3) is 0 Å². The number of hydrogen-bond acceptors (Lipinski definition) is 4. The summed E-state index contributed by atoms with van der Waals surface area (Å²) in [5.41, 5.74) is -0.893. The molecule has 2 rings (SSSR count). The predicted octanol–water partition coefficient (Wildman–Crippen LogP) is 1.82. The summed E-state index contributed by atoms with van der Waals surface area (Å²) >= 11 is 0. The highest BCUT2D eigenvalue weighted by Gasteiger charge is 2.49. The lowest BCUT2D eigenvalue weighted by Gasteiger charge is -2.33. The maximum atomic E-state index is 15.0. The van der Waals surface area contributed by atoms with Crippen LogP contribution >= 0.6 is 0 Å². The molecule has 1 aliphatic rings. The van der Waals surface area contributed by atoms with E-state index in [-0.39, 0.29) is 0 Å². The predicted molar refractivity (Wildman–Crippen MR) is 70.5 cm³/mol. The molecule has 0 aliphatic carbocycles. The highest BCUT2D eigenvalue weighted by Crippen LogP contribution is 2.40. The zero-order valence-corrected chi connectivity index (χ0v) is 12.6. The average molecular weight is 325 g/mol. The van der Waals surface area contributed by atoms with Gasteiger partial charge in [-0.2, -0.15) is 5.10 Å². The molecular weight excluding hydrogens is 307 g/mol. The molecule has 0 unspecified atom stereocenters. The van der Waals surface area contributed by atoms with Crippen LogP contribution in [-0.2, 0) is 16.9 Å². The molecule has 0 amide bonds. The lowest BCUT2D eigenvalue weighted by atomic mass is 9.93. The summed E-state index contributed by atoms with van der Waals surface area (Å²) in [4.78, 5) is -0.719. The molecule has 0 spiro atoms. The molecule has 1 fully saturated rings. The molecule has 1 aromatic heterocycles. The largest absolute Gasteiger partial charge is 0.317 e. The van der Waals surface area contributed by atoms with E-state index in [2.05, 4.69) is 10.4 Å². The molecule has 1 atom stereocenters. The first-order chi connectivity index (χ1) is 9.68. The lowest BCUT2D eigenvalue weighted by molar-refractivity contribution is 0.140. The maximum absolute atomic E-state index is 15.0. The minimum Gasteiger partial charge on any atom is -0.317 e. The van der Waals surface area contributed by atoms with Gasteiger partial charge in [0.05, 0.1) is 0 Å². The second kappa shape index (κ2) is 5.60. The van der Waals surface area contributed by atoms with Crippen molar-refractivity contribution < 1.29 is 21.6 Å². The van der Waals surface area contributed by atoms with E-state index >= 15 is 0 Å². The second-order valence-electron chi connectivity index (χ2n) is 5.37. The summed E-state index contributed by atoms with van der Waals surface area (Å²) in [6.45, 7) is 1.98. The van der Waals surface area contributed by atoms with Crippen molar-refractivity contribution in [2.75, 3.05) is 13.1 Å². The summed E-state index contributed by atoms with van der Waals surface area (Å²) in [5.74, 6) is -0.727. The Hall–Kier alpha value is -1.09. The fourth-order valence-electron chi connectivity index (χ4n) is 2.61. The van der Waals surface area contributed by atoms with Crippen molar-refractivity contribution in [2.45, 2.75) is 36.1 Å². The number of alkyl halides is 3. The molecule has 0 bridgehead atoms. The third-order valence-corrected chi connectivity index (χ3v) is 6.19. The number of sulfone groups is 1. The Bertz CT molecular complexity index is 607. The monoisotopic (exact) mass is 325 g/mol. The topological polar surface area (TPSA) is 64.0 Å². The van der Waals surface area contributed by atoms with Crippen LogP contribution < -0.4 is 5.32 Å². The zero-order chi connectivity index (χ0) is 15.8. The van der Waals surface area contributed by atoms with Crippen molar-refractivity contribution in [3.63, 3.8) is 0 Å². The average Bonchev–Trinajstić information content (AvgIpc) is 2.82. The van der Waals surface area contributed by atoms with Gasteiger partial charge in [0.15, 0.2) is 0 Å². The van der Waals surface area contributed by atoms with E-state index in [0.717, 1.165) is 17.8 Å². The molecular formula is C12H18F3N3O2S. The smallest absolute Gasteiger partial charge is 0.283 e. The molecule has 2 heterocycles. The van der Waals surface area contributed by atoms with Crippen LogP contribution in [0.1, 0.15) is 31.9 Å². The summed E-state index contributed by atoms with van der Waals surface area (Å²) in [6.07, 6.45) is -1.44. The van der Waals surface area contributed by atoms with Gasteiger partial charge in [-0.15, -0.1) is 0 Å². The van der Waals surface area contributed by atoms with Crippen molar-refractivity contribution in [3.05, 3.63) is 11.9 Å². The Balaban J connectivity index is 2.45. The Labute approximate surface area is 121 Å². The van der Waals surface area contributed by atoms with Crippen LogP contribution in [0.5, 0.6) is 0 Å². The van der Waals surface area contributed by atoms with Gasteiger partial charge in [0, 0.05) is 19.2 Å². The summed E-state index contributed by atoms with van der Waals surface area (Å²) in [6, 6.07) is 0. The third-order valence-electron chi connectivity index (χ3n) is 3.91. The molecule has 0 saturated carbocycles. The van der Waals surface area contributed by atoms with Gasteiger partial charge in [-0.1, -0.05) is 0 Å². The zero-order valence-electron chi connectivity index (χ0n) is 11.8. The number of rotatable bonds is 4. The molecule has 1 saturated heterocycles. The number of piperidine rings is 1. The summed E-state index contributed by atoms with van der Waals surface area (Å²) in [7, 11) is -3.23. The SMILES string of the molecule is Cn1cc(S(=O)(=O)[C@@](C)(F)C2CCNCC2)c(C(F)F)n1. The number of nitrogens with one attached hydrogen (secondary N) is 1. The van der Waals surface area contributed by atoms with Crippen molar-refractivity contribution in [1.82, 2.24) is 15.1 Å². The summed E-state index contributed by atoms with van der Waals surface area (Å²) < 4.78 is 66.8. The van der Waals surface area contributed by atoms with Crippen molar-refractivity contribution in [3.8, 4) is 0 Å². The molecule has 5 nitrogen and oxygen atoms in total. The second-order valence-corrected chi connectivity index (χ2v) is 7.61. The van der Waals surface area contributed by atoms with Gasteiger partial charge < -0.3 is 5.32 Å². The first-order valence-electron chi connectivity index (χ1n) is 6.64.